The molecule has 2 aromatic rings. The Hall–Kier alpha value is -1.16. The number of fused-ring (bicyclic) bond motifs is 2. The van der Waals surface area contributed by atoms with Gasteiger partial charge in [-0.1, -0.05) is 35.5 Å². The zero-order valence-corrected chi connectivity index (χ0v) is 13.7. The number of hydrogen-bond acceptors (Lipinski definition) is 3. The van der Waals surface area contributed by atoms with Crippen LogP contribution in [0, 0.1) is 0 Å². The maximum absolute atomic E-state index is 6.56. The van der Waals surface area contributed by atoms with E-state index in [9.17, 15) is 0 Å². The van der Waals surface area contributed by atoms with Crippen molar-refractivity contribution in [2.45, 2.75) is 22.3 Å². The van der Waals surface area contributed by atoms with Gasteiger partial charge in [0.2, 0.25) is 0 Å². The lowest BCUT2D eigenvalue weighted by molar-refractivity contribution is 0.280. The summed E-state index contributed by atoms with van der Waals surface area (Å²) in [6, 6.07) is 13.3. The van der Waals surface area contributed by atoms with E-state index in [1.807, 2.05) is 11.8 Å². The second-order valence-corrected chi connectivity index (χ2v) is 7.29. The number of halogens is 1. The third-order valence-corrected chi connectivity index (χ3v) is 5.80. The summed E-state index contributed by atoms with van der Waals surface area (Å²) < 4.78 is 0. The van der Waals surface area contributed by atoms with Crippen LogP contribution in [-0.4, -0.2) is 25.5 Å². The van der Waals surface area contributed by atoms with E-state index in [1.165, 1.54) is 26.7 Å². The van der Waals surface area contributed by atoms with Crippen LogP contribution in [-0.2, 0) is 0 Å². The lowest BCUT2D eigenvalue weighted by Gasteiger charge is -2.42. The fourth-order valence-corrected chi connectivity index (χ4v) is 4.79. The summed E-state index contributed by atoms with van der Waals surface area (Å²) in [7, 11) is 4.28. The largest absolute Gasteiger partial charge is 0.339 e. The smallest absolute Gasteiger partial charge is 0.0616 e. The second kappa shape index (κ2) is 4.94. The van der Waals surface area contributed by atoms with Crippen LogP contribution in [0.1, 0.15) is 18.0 Å². The Morgan fingerprint density at radius 1 is 1.14 bits per heavy atom. The fourth-order valence-electron chi connectivity index (χ4n) is 3.39. The number of benzene rings is 2. The lowest BCUT2D eigenvalue weighted by Crippen LogP contribution is -2.34. The third-order valence-electron chi connectivity index (χ3n) is 4.36. The maximum atomic E-state index is 6.56. The van der Waals surface area contributed by atoms with Crippen LogP contribution < -0.4 is 4.90 Å². The van der Waals surface area contributed by atoms with Crippen LogP contribution in [0.3, 0.4) is 0 Å². The van der Waals surface area contributed by atoms with Crippen molar-refractivity contribution in [1.82, 2.24) is 4.90 Å². The van der Waals surface area contributed by atoms with Gasteiger partial charge in [0.15, 0.2) is 0 Å². The van der Waals surface area contributed by atoms with Crippen molar-refractivity contribution < 1.29 is 0 Å². The molecule has 4 rings (SSSR count). The van der Waals surface area contributed by atoms with Crippen LogP contribution in [0.2, 0.25) is 5.02 Å². The molecule has 0 N–H and O–H groups in total. The topological polar surface area (TPSA) is 6.48 Å². The van der Waals surface area contributed by atoms with Gasteiger partial charge >= 0.3 is 0 Å². The molecule has 2 aromatic carbocycles. The monoisotopic (exact) mass is 316 g/mol. The Balaban J connectivity index is 1.96. The molecule has 0 saturated carbocycles. The van der Waals surface area contributed by atoms with Gasteiger partial charge in [-0.2, -0.15) is 0 Å². The highest BCUT2D eigenvalue weighted by atomic mass is 35.5. The van der Waals surface area contributed by atoms with E-state index in [4.69, 9.17) is 11.6 Å². The molecule has 0 aromatic heterocycles. The summed E-state index contributed by atoms with van der Waals surface area (Å²) >= 11 is 8.42. The highest BCUT2D eigenvalue weighted by Crippen LogP contribution is 2.54. The first kappa shape index (κ1) is 13.5. The van der Waals surface area contributed by atoms with Crippen molar-refractivity contribution in [3.63, 3.8) is 0 Å². The highest BCUT2D eigenvalue weighted by molar-refractivity contribution is 7.99. The van der Waals surface area contributed by atoms with Gasteiger partial charge in [0.05, 0.1) is 11.4 Å². The van der Waals surface area contributed by atoms with Crippen molar-refractivity contribution in [3.05, 3.63) is 47.0 Å². The summed E-state index contributed by atoms with van der Waals surface area (Å²) in [5, 5.41) is 0.886. The van der Waals surface area contributed by atoms with Gasteiger partial charge in [0.25, 0.3) is 0 Å². The molecule has 2 aliphatic rings. The molecule has 108 valence electrons. The third kappa shape index (κ3) is 1.99. The predicted molar refractivity (Wildman–Crippen MR) is 90.1 cm³/mol. The normalized spacial score (nSPS) is 19.4. The molecule has 21 heavy (non-hydrogen) atoms. The molecule has 0 saturated heterocycles. The number of nitrogens with zero attached hydrogens (tertiary/aromatic N) is 2. The van der Waals surface area contributed by atoms with E-state index < -0.39 is 0 Å². The molecule has 1 unspecified atom stereocenters. The standard InChI is InChI=1S/C17H17ClN2S/c1-19(2)13-9-10-20-12-5-3-4-6-14(12)21-15-8-7-11(18)16(13)17(15)20/h3-8,13H,9-10H2,1-2H3. The molecular weight excluding hydrogens is 300 g/mol. The average Bonchev–Trinajstić information content (AvgIpc) is 2.50. The van der Waals surface area contributed by atoms with Gasteiger partial charge in [0.1, 0.15) is 0 Å². The molecule has 0 bridgehead atoms. The van der Waals surface area contributed by atoms with E-state index in [0.29, 0.717) is 6.04 Å². The first-order chi connectivity index (χ1) is 10.2. The Kier molecular flexibility index (Phi) is 3.18. The minimum atomic E-state index is 0.398. The molecule has 0 amide bonds. The minimum absolute atomic E-state index is 0.398. The number of rotatable bonds is 1. The summed E-state index contributed by atoms with van der Waals surface area (Å²) in [6.45, 7) is 1.04. The number of hydrogen-bond donors (Lipinski definition) is 0. The van der Waals surface area contributed by atoms with Gasteiger partial charge in [-0.05, 0) is 44.8 Å². The Morgan fingerprint density at radius 3 is 2.76 bits per heavy atom. The summed E-state index contributed by atoms with van der Waals surface area (Å²) in [4.78, 5) is 7.38. The Labute approximate surface area is 134 Å². The van der Waals surface area contributed by atoms with Crippen LogP contribution in [0.4, 0.5) is 11.4 Å². The van der Waals surface area contributed by atoms with Crippen molar-refractivity contribution in [2.75, 3.05) is 25.5 Å². The predicted octanol–water partition coefficient (Wildman–Crippen LogP) is 4.95. The van der Waals surface area contributed by atoms with Gasteiger partial charge in [0, 0.05) is 33.0 Å². The lowest BCUT2D eigenvalue weighted by atomic mass is 9.94. The van der Waals surface area contributed by atoms with Crippen molar-refractivity contribution in [3.8, 4) is 0 Å². The van der Waals surface area contributed by atoms with Crippen molar-refractivity contribution in [1.29, 1.82) is 0 Å². The fraction of sp³-hybridized carbons (Fsp3) is 0.294. The molecule has 4 heteroatoms. The van der Waals surface area contributed by atoms with Gasteiger partial charge in [-0.3, -0.25) is 0 Å². The van der Waals surface area contributed by atoms with Crippen LogP contribution in [0.15, 0.2) is 46.2 Å². The van der Waals surface area contributed by atoms with E-state index in [-0.39, 0.29) is 0 Å². The summed E-state index contributed by atoms with van der Waals surface area (Å²) in [5.74, 6) is 0. The number of anilines is 2. The number of para-hydroxylation sites is 1. The summed E-state index contributed by atoms with van der Waals surface area (Å²) in [6.07, 6.45) is 1.10. The van der Waals surface area contributed by atoms with E-state index in [0.717, 1.165) is 18.0 Å². The molecule has 2 nitrogen and oxygen atoms in total. The first-order valence-corrected chi connectivity index (χ1v) is 8.39. The summed E-state index contributed by atoms with van der Waals surface area (Å²) in [5.41, 5.74) is 3.92. The molecular formula is C17H17ClN2S. The van der Waals surface area contributed by atoms with Crippen LogP contribution >= 0.6 is 23.4 Å². The maximum Gasteiger partial charge on any atom is 0.0616 e. The van der Waals surface area contributed by atoms with E-state index in [1.54, 1.807) is 0 Å². The van der Waals surface area contributed by atoms with E-state index in [2.05, 4.69) is 60.3 Å². The van der Waals surface area contributed by atoms with Gasteiger partial charge < -0.3 is 9.80 Å². The van der Waals surface area contributed by atoms with Gasteiger partial charge in [-0.25, -0.2) is 0 Å². The molecule has 0 spiro atoms. The minimum Gasteiger partial charge on any atom is -0.339 e. The average molecular weight is 317 g/mol. The van der Waals surface area contributed by atoms with Crippen LogP contribution in [0.5, 0.6) is 0 Å². The molecule has 0 fully saturated rings. The van der Waals surface area contributed by atoms with Gasteiger partial charge in [-0.15, -0.1) is 0 Å². The van der Waals surface area contributed by atoms with Crippen molar-refractivity contribution >= 4 is 34.7 Å². The second-order valence-electron chi connectivity index (χ2n) is 5.80. The van der Waals surface area contributed by atoms with E-state index >= 15 is 0 Å². The highest BCUT2D eigenvalue weighted by Gasteiger charge is 2.34. The molecule has 0 aliphatic carbocycles. The quantitative estimate of drug-likeness (QED) is 0.735. The van der Waals surface area contributed by atoms with Crippen molar-refractivity contribution in [2.24, 2.45) is 0 Å². The molecule has 1 atom stereocenters. The molecule has 2 aliphatic heterocycles. The molecule has 0 radical (unpaired) electrons. The van der Waals surface area contributed by atoms with Crippen LogP contribution in [0.25, 0.3) is 0 Å². The Morgan fingerprint density at radius 2 is 1.95 bits per heavy atom. The zero-order valence-electron chi connectivity index (χ0n) is 12.1. The zero-order chi connectivity index (χ0) is 14.6. The molecule has 2 heterocycles. The Bertz CT molecular complexity index is 714. The first-order valence-electron chi connectivity index (χ1n) is 7.20. The SMILES string of the molecule is CN(C)C1CCN2c3ccccc3Sc3ccc(Cl)c1c32.